The third kappa shape index (κ3) is 4.17. The van der Waals surface area contributed by atoms with Gasteiger partial charge in [-0.2, -0.15) is 5.10 Å². The van der Waals surface area contributed by atoms with Crippen LogP contribution in [0.1, 0.15) is 18.5 Å². The molecule has 0 fully saturated rings. The van der Waals surface area contributed by atoms with E-state index in [-0.39, 0.29) is 24.1 Å². The molecular formula is C19H18N4O2. The highest BCUT2D eigenvalue weighted by Crippen LogP contribution is 2.13. The van der Waals surface area contributed by atoms with E-state index in [0.717, 1.165) is 15.8 Å². The minimum absolute atomic E-state index is 0.135. The van der Waals surface area contributed by atoms with E-state index in [4.69, 9.17) is 0 Å². The van der Waals surface area contributed by atoms with Crippen molar-refractivity contribution in [3.05, 3.63) is 82.9 Å². The van der Waals surface area contributed by atoms with Gasteiger partial charge in [-0.1, -0.05) is 30.3 Å². The molecule has 1 unspecified atom stereocenters. The summed E-state index contributed by atoms with van der Waals surface area (Å²) in [5, 5.41) is 7.15. The smallest absolute Gasteiger partial charge is 0.267 e. The minimum atomic E-state index is -0.324. The molecule has 126 valence electrons. The standard InChI is InChI=1S/C19H18N4O2/c1-14(15-6-3-2-4-7-15)21-18(24)13-23-19(25)10-9-17(22-23)16-8-5-11-20-12-16/h2-12,14H,13H2,1H3,(H,21,24). The second-order valence-electron chi connectivity index (χ2n) is 5.66. The van der Waals surface area contributed by atoms with Gasteiger partial charge in [0.2, 0.25) is 5.91 Å². The number of rotatable bonds is 5. The summed E-state index contributed by atoms with van der Waals surface area (Å²) in [7, 11) is 0. The summed E-state index contributed by atoms with van der Waals surface area (Å²) < 4.78 is 1.16. The van der Waals surface area contributed by atoms with Crippen molar-refractivity contribution in [2.75, 3.05) is 0 Å². The number of nitrogens with one attached hydrogen (secondary N) is 1. The second-order valence-corrected chi connectivity index (χ2v) is 5.66. The quantitative estimate of drug-likeness (QED) is 0.776. The Hall–Kier alpha value is -3.28. The van der Waals surface area contributed by atoms with E-state index in [9.17, 15) is 9.59 Å². The fourth-order valence-corrected chi connectivity index (χ4v) is 2.48. The molecule has 0 radical (unpaired) electrons. The Morgan fingerprint density at radius 3 is 2.64 bits per heavy atom. The number of amides is 1. The van der Waals surface area contributed by atoms with Crippen LogP contribution in [0.25, 0.3) is 11.3 Å². The zero-order valence-corrected chi connectivity index (χ0v) is 13.8. The van der Waals surface area contributed by atoms with Crippen molar-refractivity contribution in [2.45, 2.75) is 19.5 Å². The third-order valence-corrected chi connectivity index (χ3v) is 3.79. The van der Waals surface area contributed by atoms with Crippen LogP contribution in [0.2, 0.25) is 0 Å². The van der Waals surface area contributed by atoms with Crippen LogP contribution in [-0.4, -0.2) is 20.7 Å². The lowest BCUT2D eigenvalue weighted by atomic mass is 10.1. The van der Waals surface area contributed by atoms with Crippen LogP contribution in [0.3, 0.4) is 0 Å². The summed E-state index contributed by atoms with van der Waals surface area (Å²) in [6.07, 6.45) is 3.33. The Morgan fingerprint density at radius 1 is 1.12 bits per heavy atom. The maximum atomic E-state index is 12.3. The maximum Gasteiger partial charge on any atom is 0.267 e. The Balaban J connectivity index is 1.74. The molecule has 6 nitrogen and oxygen atoms in total. The summed E-state index contributed by atoms with van der Waals surface area (Å²) in [6.45, 7) is 1.76. The average Bonchev–Trinajstić information content (AvgIpc) is 2.65. The van der Waals surface area contributed by atoms with Gasteiger partial charge in [-0.3, -0.25) is 14.6 Å². The fourth-order valence-electron chi connectivity index (χ4n) is 2.48. The van der Waals surface area contributed by atoms with Gasteiger partial charge in [0.05, 0.1) is 11.7 Å². The van der Waals surface area contributed by atoms with Crippen molar-refractivity contribution < 1.29 is 4.79 Å². The molecule has 25 heavy (non-hydrogen) atoms. The van der Waals surface area contributed by atoms with E-state index >= 15 is 0 Å². The average molecular weight is 334 g/mol. The van der Waals surface area contributed by atoms with Crippen molar-refractivity contribution in [1.29, 1.82) is 0 Å². The number of carbonyl (C=O) groups is 1. The molecule has 1 amide bonds. The molecule has 6 heteroatoms. The lowest BCUT2D eigenvalue weighted by Crippen LogP contribution is -2.34. The van der Waals surface area contributed by atoms with Crippen LogP contribution in [0, 0.1) is 0 Å². The van der Waals surface area contributed by atoms with E-state index in [1.165, 1.54) is 6.07 Å². The molecule has 0 saturated heterocycles. The molecule has 3 rings (SSSR count). The first kappa shape index (κ1) is 16.6. The highest BCUT2D eigenvalue weighted by Gasteiger charge is 2.12. The molecule has 0 spiro atoms. The predicted molar refractivity (Wildman–Crippen MR) is 94.7 cm³/mol. The van der Waals surface area contributed by atoms with Gasteiger partial charge in [-0.15, -0.1) is 0 Å². The van der Waals surface area contributed by atoms with Gasteiger partial charge in [0.15, 0.2) is 0 Å². The Kier molecular flexibility index (Phi) is 4.99. The van der Waals surface area contributed by atoms with Gasteiger partial charge in [-0.05, 0) is 30.7 Å². The van der Waals surface area contributed by atoms with Crippen LogP contribution in [0.4, 0.5) is 0 Å². The van der Waals surface area contributed by atoms with Crippen LogP contribution in [-0.2, 0) is 11.3 Å². The summed E-state index contributed by atoms with van der Waals surface area (Å²) in [5.74, 6) is -0.269. The van der Waals surface area contributed by atoms with Crippen molar-refractivity contribution >= 4 is 5.91 Å². The van der Waals surface area contributed by atoms with Gasteiger partial charge < -0.3 is 5.32 Å². The lowest BCUT2D eigenvalue weighted by Gasteiger charge is -2.14. The normalized spacial score (nSPS) is 11.7. The first-order chi connectivity index (χ1) is 12.1. The number of benzene rings is 1. The van der Waals surface area contributed by atoms with Crippen LogP contribution < -0.4 is 10.9 Å². The summed E-state index contributed by atoms with van der Waals surface area (Å²) in [4.78, 5) is 28.3. The number of hydrogen-bond donors (Lipinski definition) is 1. The first-order valence-corrected chi connectivity index (χ1v) is 7.96. The monoisotopic (exact) mass is 334 g/mol. The van der Waals surface area contributed by atoms with Gasteiger partial charge in [0.25, 0.3) is 5.56 Å². The third-order valence-electron chi connectivity index (χ3n) is 3.79. The van der Waals surface area contributed by atoms with Crippen molar-refractivity contribution in [1.82, 2.24) is 20.1 Å². The molecule has 1 N–H and O–H groups in total. The molecule has 2 aromatic heterocycles. The molecule has 1 atom stereocenters. The number of aromatic nitrogens is 3. The highest BCUT2D eigenvalue weighted by atomic mass is 16.2. The second kappa shape index (κ2) is 7.53. The SMILES string of the molecule is CC(NC(=O)Cn1nc(-c2cccnc2)ccc1=O)c1ccccc1. The van der Waals surface area contributed by atoms with Crippen molar-refractivity contribution in [2.24, 2.45) is 0 Å². The van der Waals surface area contributed by atoms with Gasteiger partial charge in [-0.25, -0.2) is 4.68 Å². The molecule has 0 saturated carbocycles. The van der Waals surface area contributed by atoms with E-state index in [1.807, 2.05) is 43.3 Å². The van der Waals surface area contributed by atoms with E-state index < -0.39 is 0 Å². The molecular weight excluding hydrogens is 316 g/mol. The number of hydrogen-bond acceptors (Lipinski definition) is 4. The maximum absolute atomic E-state index is 12.3. The molecule has 0 bridgehead atoms. The van der Waals surface area contributed by atoms with Crippen LogP contribution in [0.15, 0.2) is 71.8 Å². The largest absolute Gasteiger partial charge is 0.348 e. The lowest BCUT2D eigenvalue weighted by molar-refractivity contribution is -0.122. The molecule has 1 aromatic carbocycles. The summed E-state index contributed by atoms with van der Waals surface area (Å²) in [6, 6.07) is 16.2. The molecule has 3 aromatic rings. The van der Waals surface area contributed by atoms with E-state index in [0.29, 0.717) is 5.69 Å². The predicted octanol–water partition coefficient (Wildman–Crippen LogP) is 2.18. The van der Waals surface area contributed by atoms with E-state index in [1.54, 1.807) is 24.5 Å². The number of pyridine rings is 1. The van der Waals surface area contributed by atoms with Gasteiger partial charge >= 0.3 is 0 Å². The van der Waals surface area contributed by atoms with Gasteiger partial charge in [0.1, 0.15) is 6.54 Å². The van der Waals surface area contributed by atoms with Crippen molar-refractivity contribution in [3.8, 4) is 11.3 Å². The van der Waals surface area contributed by atoms with Crippen LogP contribution in [0.5, 0.6) is 0 Å². The first-order valence-electron chi connectivity index (χ1n) is 7.96. The zero-order chi connectivity index (χ0) is 17.6. The summed E-state index contributed by atoms with van der Waals surface area (Å²) >= 11 is 0. The van der Waals surface area contributed by atoms with Crippen LogP contribution >= 0.6 is 0 Å². The van der Waals surface area contributed by atoms with Crippen molar-refractivity contribution in [3.63, 3.8) is 0 Å². The number of nitrogens with zero attached hydrogens (tertiary/aromatic N) is 3. The Morgan fingerprint density at radius 2 is 1.92 bits per heavy atom. The highest BCUT2D eigenvalue weighted by molar-refractivity contribution is 5.76. The molecule has 0 aliphatic rings. The van der Waals surface area contributed by atoms with E-state index in [2.05, 4.69) is 15.4 Å². The Bertz CT molecular complexity index is 907. The fraction of sp³-hybridized carbons (Fsp3) is 0.158. The van der Waals surface area contributed by atoms with Gasteiger partial charge in [0, 0.05) is 24.0 Å². The zero-order valence-electron chi connectivity index (χ0n) is 13.8. The molecule has 0 aliphatic carbocycles. The molecule has 2 heterocycles. The summed E-state index contributed by atoms with van der Waals surface area (Å²) in [5.41, 5.74) is 2.06. The number of carbonyl (C=O) groups excluding carboxylic acids is 1. The minimum Gasteiger partial charge on any atom is -0.348 e. The Labute approximate surface area is 145 Å². The molecule has 0 aliphatic heterocycles. The topological polar surface area (TPSA) is 76.9 Å².